The molecule has 0 aliphatic heterocycles. The quantitative estimate of drug-likeness (QED) is 0.866. The molecule has 104 valence electrons. The highest BCUT2D eigenvalue weighted by Crippen LogP contribution is 2.20. The Morgan fingerprint density at radius 2 is 2.05 bits per heavy atom. The summed E-state index contributed by atoms with van der Waals surface area (Å²) >= 11 is 0. The maximum atomic E-state index is 12.0. The van der Waals surface area contributed by atoms with Crippen LogP contribution in [0.25, 0.3) is 0 Å². The Labute approximate surface area is 117 Å². The number of amides is 1. The standard InChI is InChI=1S/C15H17N3O2/c1-10-5-4-6-13(15(10)11(2)19)16-14(20)9-12-7-8-18(3)17-12/h4-8H,9H2,1-3H3,(H,16,20). The number of aryl methyl sites for hydroxylation is 2. The fourth-order valence-corrected chi connectivity index (χ4v) is 2.16. The molecule has 0 atom stereocenters. The highest BCUT2D eigenvalue weighted by molar-refractivity contribution is 6.05. The van der Waals surface area contributed by atoms with Crippen molar-refractivity contribution in [1.29, 1.82) is 0 Å². The first kappa shape index (κ1) is 14.0. The highest BCUT2D eigenvalue weighted by atomic mass is 16.1. The predicted molar refractivity (Wildman–Crippen MR) is 76.7 cm³/mol. The van der Waals surface area contributed by atoms with Crippen LogP contribution in [0.4, 0.5) is 5.69 Å². The minimum absolute atomic E-state index is 0.0590. The Hall–Kier alpha value is -2.43. The van der Waals surface area contributed by atoms with Gasteiger partial charge < -0.3 is 5.32 Å². The fourth-order valence-electron chi connectivity index (χ4n) is 2.16. The van der Waals surface area contributed by atoms with Gasteiger partial charge in [-0.25, -0.2) is 0 Å². The molecule has 0 saturated carbocycles. The van der Waals surface area contributed by atoms with Crippen molar-refractivity contribution < 1.29 is 9.59 Å². The number of Topliss-reactive ketones (excluding diaryl/α,β-unsaturated/α-hetero) is 1. The predicted octanol–water partition coefficient (Wildman–Crippen LogP) is 2.11. The molecule has 2 rings (SSSR count). The first-order chi connectivity index (χ1) is 9.47. The molecule has 0 bridgehead atoms. The molecule has 0 aliphatic rings. The summed E-state index contributed by atoms with van der Waals surface area (Å²) in [6.07, 6.45) is 1.97. The van der Waals surface area contributed by atoms with E-state index in [-0.39, 0.29) is 18.1 Å². The van der Waals surface area contributed by atoms with Gasteiger partial charge in [0.05, 0.1) is 17.8 Å². The van der Waals surface area contributed by atoms with Crippen molar-refractivity contribution in [3.63, 3.8) is 0 Å². The lowest BCUT2D eigenvalue weighted by Gasteiger charge is -2.11. The summed E-state index contributed by atoms with van der Waals surface area (Å²) < 4.78 is 1.65. The van der Waals surface area contributed by atoms with E-state index in [4.69, 9.17) is 0 Å². The molecule has 0 radical (unpaired) electrons. The van der Waals surface area contributed by atoms with Crippen LogP contribution in [0.5, 0.6) is 0 Å². The van der Waals surface area contributed by atoms with Crippen LogP contribution in [-0.2, 0) is 18.3 Å². The third kappa shape index (κ3) is 3.12. The maximum Gasteiger partial charge on any atom is 0.230 e. The van der Waals surface area contributed by atoms with Gasteiger partial charge in [-0.3, -0.25) is 14.3 Å². The van der Waals surface area contributed by atoms with Gasteiger partial charge >= 0.3 is 0 Å². The monoisotopic (exact) mass is 271 g/mol. The summed E-state index contributed by atoms with van der Waals surface area (Å²) in [5, 5.41) is 6.94. The summed E-state index contributed by atoms with van der Waals surface area (Å²) in [7, 11) is 1.80. The second kappa shape index (κ2) is 5.69. The molecular formula is C15H17N3O2. The van der Waals surface area contributed by atoms with Crippen molar-refractivity contribution in [3.05, 3.63) is 47.3 Å². The molecule has 0 unspecified atom stereocenters. The third-order valence-corrected chi connectivity index (χ3v) is 3.01. The molecule has 20 heavy (non-hydrogen) atoms. The molecule has 0 fully saturated rings. The molecule has 0 aliphatic carbocycles. The second-order valence-electron chi connectivity index (χ2n) is 4.76. The van der Waals surface area contributed by atoms with Crippen LogP contribution in [0.1, 0.15) is 28.5 Å². The average Bonchev–Trinajstić information content (AvgIpc) is 2.74. The van der Waals surface area contributed by atoms with Gasteiger partial charge in [-0.05, 0) is 31.5 Å². The van der Waals surface area contributed by atoms with Crippen molar-refractivity contribution in [2.45, 2.75) is 20.3 Å². The number of rotatable bonds is 4. The van der Waals surface area contributed by atoms with Crippen molar-refractivity contribution in [1.82, 2.24) is 9.78 Å². The van der Waals surface area contributed by atoms with Gasteiger partial charge in [0.25, 0.3) is 0 Å². The van der Waals surface area contributed by atoms with Crippen LogP contribution >= 0.6 is 0 Å². The molecule has 0 spiro atoms. The van der Waals surface area contributed by atoms with E-state index < -0.39 is 0 Å². The summed E-state index contributed by atoms with van der Waals surface area (Å²) in [5.74, 6) is -0.243. The Morgan fingerprint density at radius 1 is 1.30 bits per heavy atom. The van der Waals surface area contributed by atoms with Gasteiger partial charge in [0.15, 0.2) is 5.78 Å². The van der Waals surface area contributed by atoms with Crippen molar-refractivity contribution in [3.8, 4) is 0 Å². The Kier molecular flexibility index (Phi) is 3.98. The lowest BCUT2D eigenvalue weighted by atomic mass is 10.0. The first-order valence-electron chi connectivity index (χ1n) is 6.36. The molecule has 5 nitrogen and oxygen atoms in total. The lowest BCUT2D eigenvalue weighted by molar-refractivity contribution is -0.115. The summed E-state index contributed by atoms with van der Waals surface area (Å²) in [5.41, 5.74) is 2.66. The van der Waals surface area contributed by atoms with Crippen molar-refractivity contribution in [2.24, 2.45) is 7.05 Å². The zero-order valence-corrected chi connectivity index (χ0v) is 11.8. The summed E-state index contributed by atoms with van der Waals surface area (Å²) in [6.45, 7) is 3.35. The molecular weight excluding hydrogens is 254 g/mol. The van der Waals surface area contributed by atoms with Gasteiger partial charge in [0.2, 0.25) is 5.91 Å². The molecule has 1 N–H and O–H groups in total. The molecule has 1 heterocycles. The minimum Gasteiger partial charge on any atom is -0.325 e. The zero-order valence-electron chi connectivity index (χ0n) is 11.8. The third-order valence-electron chi connectivity index (χ3n) is 3.01. The van der Waals surface area contributed by atoms with E-state index in [9.17, 15) is 9.59 Å². The molecule has 1 aromatic carbocycles. The van der Waals surface area contributed by atoms with Gasteiger partial charge in [-0.1, -0.05) is 12.1 Å². The fraction of sp³-hybridized carbons (Fsp3) is 0.267. The van der Waals surface area contributed by atoms with Crippen LogP contribution < -0.4 is 5.32 Å². The van der Waals surface area contributed by atoms with Crippen LogP contribution in [0, 0.1) is 6.92 Å². The van der Waals surface area contributed by atoms with Gasteiger partial charge in [-0.15, -0.1) is 0 Å². The van der Waals surface area contributed by atoms with E-state index in [1.807, 2.05) is 19.1 Å². The van der Waals surface area contributed by atoms with Crippen LogP contribution in [-0.4, -0.2) is 21.5 Å². The number of aromatic nitrogens is 2. The zero-order chi connectivity index (χ0) is 14.7. The van der Waals surface area contributed by atoms with E-state index >= 15 is 0 Å². The number of nitrogens with zero attached hydrogens (tertiary/aromatic N) is 2. The van der Waals surface area contributed by atoms with E-state index in [0.29, 0.717) is 16.9 Å². The average molecular weight is 271 g/mol. The SMILES string of the molecule is CC(=O)c1c(C)cccc1NC(=O)Cc1ccn(C)n1. The minimum atomic E-state index is -0.184. The van der Waals surface area contributed by atoms with E-state index in [1.165, 1.54) is 6.92 Å². The van der Waals surface area contributed by atoms with E-state index in [2.05, 4.69) is 10.4 Å². The highest BCUT2D eigenvalue weighted by Gasteiger charge is 2.13. The Balaban J connectivity index is 2.16. The Bertz CT molecular complexity index is 659. The second-order valence-corrected chi connectivity index (χ2v) is 4.76. The number of nitrogens with one attached hydrogen (secondary N) is 1. The maximum absolute atomic E-state index is 12.0. The van der Waals surface area contributed by atoms with E-state index in [1.54, 1.807) is 30.1 Å². The number of anilines is 1. The van der Waals surface area contributed by atoms with Gasteiger partial charge in [-0.2, -0.15) is 5.10 Å². The van der Waals surface area contributed by atoms with Crippen LogP contribution in [0.3, 0.4) is 0 Å². The molecule has 1 aromatic heterocycles. The molecule has 1 amide bonds. The van der Waals surface area contributed by atoms with Crippen LogP contribution in [0.2, 0.25) is 0 Å². The molecule has 0 saturated heterocycles. The summed E-state index contributed by atoms with van der Waals surface area (Å²) in [4.78, 5) is 23.7. The number of hydrogen-bond acceptors (Lipinski definition) is 3. The normalized spacial score (nSPS) is 10.3. The number of carbonyl (C=O) groups is 2. The van der Waals surface area contributed by atoms with Crippen LogP contribution in [0.15, 0.2) is 30.5 Å². The van der Waals surface area contributed by atoms with Gasteiger partial charge in [0, 0.05) is 18.8 Å². The van der Waals surface area contributed by atoms with Crippen molar-refractivity contribution >= 4 is 17.4 Å². The number of carbonyl (C=O) groups excluding carboxylic acids is 2. The van der Waals surface area contributed by atoms with Gasteiger partial charge in [0.1, 0.15) is 0 Å². The topological polar surface area (TPSA) is 64.0 Å². The first-order valence-corrected chi connectivity index (χ1v) is 6.36. The number of benzene rings is 1. The molecule has 5 heteroatoms. The van der Waals surface area contributed by atoms with Crippen molar-refractivity contribution in [2.75, 3.05) is 5.32 Å². The molecule has 2 aromatic rings. The number of ketones is 1. The smallest absolute Gasteiger partial charge is 0.230 e. The van der Waals surface area contributed by atoms with E-state index in [0.717, 1.165) is 5.56 Å². The lowest BCUT2D eigenvalue weighted by Crippen LogP contribution is -2.17. The summed E-state index contributed by atoms with van der Waals surface area (Å²) in [6, 6.07) is 7.20. The number of hydrogen-bond donors (Lipinski definition) is 1. The largest absolute Gasteiger partial charge is 0.325 e. The Morgan fingerprint density at radius 3 is 2.65 bits per heavy atom.